The minimum Gasteiger partial charge on any atom is -0.385 e. The average molecular weight is 673 g/mol. The summed E-state index contributed by atoms with van der Waals surface area (Å²) in [6.07, 6.45) is 2.37. The molecule has 0 aliphatic carbocycles. The summed E-state index contributed by atoms with van der Waals surface area (Å²) in [4.78, 5) is 28.8. The van der Waals surface area contributed by atoms with E-state index in [1.807, 2.05) is 47.4 Å². The first kappa shape index (κ1) is 30.3. The molecular formula is C32H38ClIN4O2. The zero-order valence-electron chi connectivity index (χ0n) is 22.9. The number of rotatable bonds is 12. The number of nitrogens with one attached hydrogen (secondary N) is 3. The van der Waals surface area contributed by atoms with Crippen LogP contribution >= 0.6 is 34.2 Å². The monoisotopic (exact) mass is 672 g/mol. The second kappa shape index (κ2) is 15.4. The van der Waals surface area contributed by atoms with E-state index in [2.05, 4.69) is 69.7 Å². The first-order chi connectivity index (χ1) is 19.5. The molecule has 3 N–H and O–H groups in total. The molecule has 0 spiro atoms. The quantitative estimate of drug-likeness (QED) is 0.157. The summed E-state index contributed by atoms with van der Waals surface area (Å²) in [5, 5.41) is 10.8. The average Bonchev–Trinajstić information content (AvgIpc) is 3.14. The normalized spacial score (nSPS) is 18.2. The first-order valence-corrected chi connectivity index (χ1v) is 15.9. The van der Waals surface area contributed by atoms with Crippen molar-refractivity contribution >= 4 is 51.7 Å². The zero-order valence-corrected chi connectivity index (χ0v) is 25.8. The number of amides is 2. The predicted octanol–water partition coefficient (Wildman–Crippen LogP) is 6.26. The Morgan fingerprint density at radius 2 is 1.82 bits per heavy atom. The molecule has 3 aromatic carbocycles. The van der Waals surface area contributed by atoms with Crippen LogP contribution in [-0.2, 0) is 9.22 Å². The third-order valence-corrected chi connectivity index (χ3v) is 8.69. The summed E-state index contributed by atoms with van der Waals surface area (Å²) in [7, 11) is 0. The van der Waals surface area contributed by atoms with Crippen molar-refractivity contribution in [2.75, 3.05) is 31.5 Å². The van der Waals surface area contributed by atoms with Crippen molar-refractivity contribution in [2.45, 2.75) is 48.6 Å². The summed E-state index contributed by atoms with van der Waals surface area (Å²) < 4.78 is 0.736. The summed E-state index contributed by atoms with van der Waals surface area (Å²) >= 11 is 8.49. The smallest absolute Gasteiger partial charge is 0.251 e. The first-order valence-electron chi connectivity index (χ1n) is 14.0. The summed E-state index contributed by atoms with van der Waals surface area (Å²) in [6, 6.07) is 25.5. The number of hydrogen-bond donors (Lipinski definition) is 3. The molecule has 1 aliphatic heterocycles. The summed E-state index contributed by atoms with van der Waals surface area (Å²) in [5.41, 5.74) is 3.83. The maximum absolute atomic E-state index is 13.8. The maximum atomic E-state index is 13.8. The van der Waals surface area contributed by atoms with E-state index in [1.165, 1.54) is 5.56 Å². The van der Waals surface area contributed by atoms with Crippen LogP contribution in [0.1, 0.15) is 53.6 Å². The van der Waals surface area contributed by atoms with Gasteiger partial charge in [0.15, 0.2) is 0 Å². The number of nitrogens with zero attached hydrogens (tertiary/aromatic N) is 1. The number of para-hydroxylation sites is 1. The summed E-state index contributed by atoms with van der Waals surface area (Å²) in [5.74, 6) is 0.276. The van der Waals surface area contributed by atoms with Gasteiger partial charge in [-0.05, 0) is 60.7 Å². The fourth-order valence-electron chi connectivity index (χ4n) is 5.15. The van der Waals surface area contributed by atoms with Crippen LogP contribution in [0, 0.1) is 0 Å². The highest BCUT2D eigenvalue weighted by Crippen LogP contribution is 2.23. The van der Waals surface area contributed by atoms with Crippen molar-refractivity contribution in [3.05, 3.63) is 101 Å². The van der Waals surface area contributed by atoms with E-state index in [9.17, 15) is 9.59 Å². The molecule has 0 radical (unpaired) electrons. The van der Waals surface area contributed by atoms with Crippen molar-refractivity contribution in [3.8, 4) is 0 Å². The minimum atomic E-state index is -0.338. The SMILES string of the molecule is CC[C@H](CN1CC[C@@H](CNC(=O)c2ccc(Cl)c(CI)c2)N[C@@H](CCNc2ccccc2)C1=O)c1ccccc1. The number of anilines is 1. The van der Waals surface area contributed by atoms with Crippen LogP contribution in [0.4, 0.5) is 5.69 Å². The Kier molecular flexibility index (Phi) is 11.7. The molecule has 3 atom stereocenters. The zero-order chi connectivity index (χ0) is 28.3. The molecule has 1 saturated heterocycles. The van der Waals surface area contributed by atoms with E-state index >= 15 is 0 Å². The van der Waals surface area contributed by atoms with Crippen LogP contribution in [0.5, 0.6) is 0 Å². The van der Waals surface area contributed by atoms with Crippen molar-refractivity contribution < 1.29 is 9.59 Å². The van der Waals surface area contributed by atoms with Crippen molar-refractivity contribution in [1.82, 2.24) is 15.5 Å². The Morgan fingerprint density at radius 1 is 1.10 bits per heavy atom. The van der Waals surface area contributed by atoms with Gasteiger partial charge in [-0.15, -0.1) is 0 Å². The standard InChI is InChI=1S/C32H38ClIN4O2/c1-2-23(24-9-5-3-6-10-24)22-38-18-16-28(21-36-31(39)25-13-14-29(33)26(19-25)20-34)37-30(32(38)40)15-17-35-27-11-7-4-8-12-27/h3-14,19,23,28,30,35,37H,2,15-18,20-22H2,1H3,(H,36,39)/t23-,28+,30+/m1/s1. The second-order valence-corrected chi connectivity index (χ2v) is 11.4. The van der Waals surface area contributed by atoms with Crippen molar-refractivity contribution in [3.63, 3.8) is 0 Å². The van der Waals surface area contributed by atoms with Crippen LogP contribution in [0.2, 0.25) is 5.02 Å². The molecule has 4 rings (SSSR count). The maximum Gasteiger partial charge on any atom is 0.251 e. The highest BCUT2D eigenvalue weighted by atomic mass is 127. The number of hydrogen-bond acceptors (Lipinski definition) is 4. The lowest BCUT2D eigenvalue weighted by atomic mass is 9.95. The van der Waals surface area contributed by atoms with Gasteiger partial charge in [-0.25, -0.2) is 0 Å². The second-order valence-electron chi connectivity index (χ2n) is 10.2. The van der Waals surface area contributed by atoms with E-state index < -0.39 is 0 Å². The van der Waals surface area contributed by atoms with Gasteiger partial charge in [0.05, 0.1) is 6.04 Å². The molecule has 1 heterocycles. The van der Waals surface area contributed by atoms with Crippen LogP contribution in [0.15, 0.2) is 78.9 Å². The number of benzene rings is 3. The fourth-order valence-corrected chi connectivity index (χ4v) is 6.19. The molecule has 0 bridgehead atoms. The number of carbonyl (C=O) groups is 2. The van der Waals surface area contributed by atoms with Crippen LogP contribution < -0.4 is 16.0 Å². The van der Waals surface area contributed by atoms with Crippen molar-refractivity contribution in [2.24, 2.45) is 0 Å². The Hall–Kier alpha value is -2.62. The molecule has 8 heteroatoms. The predicted molar refractivity (Wildman–Crippen MR) is 172 cm³/mol. The largest absolute Gasteiger partial charge is 0.385 e. The van der Waals surface area contributed by atoms with Crippen LogP contribution in [-0.4, -0.2) is 55.0 Å². The van der Waals surface area contributed by atoms with Gasteiger partial charge in [0.25, 0.3) is 5.91 Å². The minimum absolute atomic E-state index is 0.0206. The molecule has 2 amide bonds. The van der Waals surface area contributed by atoms with Crippen LogP contribution in [0.25, 0.3) is 0 Å². The van der Waals surface area contributed by atoms with Gasteiger partial charge in [0.1, 0.15) is 0 Å². The van der Waals surface area contributed by atoms with E-state index in [-0.39, 0.29) is 29.8 Å². The number of carbonyl (C=O) groups excluding carboxylic acids is 2. The molecule has 0 unspecified atom stereocenters. The Balaban J connectivity index is 1.44. The third-order valence-electron chi connectivity index (χ3n) is 7.50. The van der Waals surface area contributed by atoms with Gasteiger partial charge < -0.3 is 20.9 Å². The highest BCUT2D eigenvalue weighted by molar-refractivity contribution is 14.1. The van der Waals surface area contributed by atoms with Gasteiger partial charge in [-0.1, -0.05) is 89.6 Å². The molecular weight excluding hydrogens is 635 g/mol. The lowest BCUT2D eigenvalue weighted by Gasteiger charge is -2.28. The van der Waals surface area contributed by atoms with Gasteiger partial charge in [-0.3, -0.25) is 9.59 Å². The van der Waals surface area contributed by atoms with E-state index in [0.29, 0.717) is 43.2 Å². The number of alkyl halides is 1. The Labute approximate surface area is 256 Å². The highest BCUT2D eigenvalue weighted by Gasteiger charge is 2.32. The topological polar surface area (TPSA) is 73.5 Å². The number of halogens is 2. The third kappa shape index (κ3) is 8.44. The van der Waals surface area contributed by atoms with Gasteiger partial charge in [-0.2, -0.15) is 0 Å². The lowest BCUT2D eigenvalue weighted by Crippen LogP contribution is -2.49. The van der Waals surface area contributed by atoms with Gasteiger partial charge in [0, 0.05) is 58.8 Å². The molecule has 0 aromatic heterocycles. The van der Waals surface area contributed by atoms with Gasteiger partial charge in [0.2, 0.25) is 5.91 Å². The lowest BCUT2D eigenvalue weighted by molar-refractivity contribution is -0.133. The Morgan fingerprint density at radius 3 is 2.52 bits per heavy atom. The molecule has 0 saturated carbocycles. The molecule has 1 aliphatic rings. The van der Waals surface area contributed by atoms with Gasteiger partial charge >= 0.3 is 0 Å². The molecule has 6 nitrogen and oxygen atoms in total. The summed E-state index contributed by atoms with van der Waals surface area (Å²) in [6.45, 7) is 4.63. The van der Waals surface area contributed by atoms with E-state index in [1.54, 1.807) is 12.1 Å². The fraction of sp³-hybridized carbons (Fsp3) is 0.375. The van der Waals surface area contributed by atoms with E-state index in [4.69, 9.17) is 11.6 Å². The molecule has 1 fully saturated rings. The van der Waals surface area contributed by atoms with E-state index in [0.717, 1.165) is 28.5 Å². The molecule has 3 aromatic rings. The molecule has 212 valence electrons. The molecule has 40 heavy (non-hydrogen) atoms. The Bertz CT molecular complexity index is 1240. The van der Waals surface area contributed by atoms with Crippen LogP contribution in [0.3, 0.4) is 0 Å². The van der Waals surface area contributed by atoms with Crippen molar-refractivity contribution in [1.29, 1.82) is 0 Å².